The lowest BCUT2D eigenvalue weighted by Crippen LogP contribution is -2.23. The summed E-state index contributed by atoms with van der Waals surface area (Å²) in [6.45, 7) is 6.75. The highest BCUT2D eigenvalue weighted by molar-refractivity contribution is 5.57. The molecule has 0 bridgehead atoms. The molecule has 0 N–H and O–H groups in total. The van der Waals surface area contributed by atoms with Crippen LogP contribution in [0.4, 0.5) is 0 Å². The molecule has 1 aromatic rings. The number of likely N-dealkylation sites (N-methyl/N-ethyl adjacent to an activating group) is 1. The summed E-state index contributed by atoms with van der Waals surface area (Å²) in [5.41, 5.74) is 5.72. The first kappa shape index (κ1) is 12.7. The minimum Gasteiger partial charge on any atom is -0.346 e. The number of nitrogens with zero attached hydrogens (tertiary/aromatic N) is 2. The molecule has 1 fully saturated rings. The van der Waals surface area contributed by atoms with Gasteiger partial charge in [0.15, 0.2) is 0 Å². The average molecular weight is 256 g/mol. The maximum absolute atomic E-state index is 2.52. The maximum atomic E-state index is 2.52. The summed E-state index contributed by atoms with van der Waals surface area (Å²) in [6, 6.07) is 3.12. The van der Waals surface area contributed by atoms with Gasteiger partial charge in [0.05, 0.1) is 0 Å². The third kappa shape index (κ3) is 2.69. The number of hydrogen-bond acceptors (Lipinski definition) is 1. The van der Waals surface area contributed by atoms with Crippen LogP contribution in [0, 0.1) is 13.8 Å². The van der Waals surface area contributed by atoms with E-state index in [1.807, 2.05) is 0 Å². The Kier molecular flexibility index (Phi) is 3.36. The van der Waals surface area contributed by atoms with Gasteiger partial charge in [0.25, 0.3) is 0 Å². The molecule has 1 aliphatic carbocycles. The van der Waals surface area contributed by atoms with E-state index in [0.29, 0.717) is 0 Å². The molecule has 0 spiro atoms. The highest BCUT2D eigenvalue weighted by Gasteiger charge is 2.26. The van der Waals surface area contributed by atoms with Crippen LogP contribution >= 0.6 is 0 Å². The van der Waals surface area contributed by atoms with Crippen LogP contribution < -0.4 is 0 Å². The van der Waals surface area contributed by atoms with E-state index in [-0.39, 0.29) is 0 Å². The molecule has 1 aromatic heterocycles. The molecule has 19 heavy (non-hydrogen) atoms. The summed E-state index contributed by atoms with van der Waals surface area (Å²) < 4.78 is 2.52. The number of rotatable bonds is 3. The first-order chi connectivity index (χ1) is 9.15. The Labute approximate surface area is 116 Å². The van der Waals surface area contributed by atoms with E-state index in [1.165, 1.54) is 48.3 Å². The molecule has 2 aliphatic rings. The van der Waals surface area contributed by atoms with Crippen molar-refractivity contribution in [2.75, 3.05) is 20.1 Å². The fourth-order valence-electron chi connectivity index (χ4n) is 3.00. The molecule has 2 nitrogen and oxygen atoms in total. The molecule has 102 valence electrons. The van der Waals surface area contributed by atoms with Gasteiger partial charge in [-0.1, -0.05) is 18.2 Å². The van der Waals surface area contributed by atoms with E-state index in [0.717, 1.165) is 12.6 Å². The largest absolute Gasteiger partial charge is 0.346 e. The second kappa shape index (κ2) is 5.01. The third-order valence-corrected chi connectivity index (χ3v) is 4.36. The van der Waals surface area contributed by atoms with E-state index >= 15 is 0 Å². The monoisotopic (exact) mass is 256 g/mol. The second-order valence-corrected chi connectivity index (χ2v) is 6.05. The molecule has 0 unspecified atom stereocenters. The van der Waals surface area contributed by atoms with E-state index in [1.54, 1.807) is 0 Å². The maximum Gasteiger partial charge on any atom is 0.0337 e. The fourth-order valence-corrected chi connectivity index (χ4v) is 3.00. The van der Waals surface area contributed by atoms with Gasteiger partial charge in [0.2, 0.25) is 0 Å². The van der Waals surface area contributed by atoms with Gasteiger partial charge in [-0.15, -0.1) is 0 Å². The van der Waals surface area contributed by atoms with E-state index in [9.17, 15) is 0 Å². The Morgan fingerprint density at radius 1 is 1.21 bits per heavy atom. The lowest BCUT2D eigenvalue weighted by molar-refractivity contribution is 0.361. The predicted octanol–water partition coefficient (Wildman–Crippen LogP) is 3.71. The number of aryl methyl sites for hydroxylation is 1. The van der Waals surface area contributed by atoms with Crippen molar-refractivity contribution < 1.29 is 0 Å². The molecule has 0 aromatic carbocycles. The molecule has 0 saturated heterocycles. The molecule has 0 radical (unpaired) electrons. The van der Waals surface area contributed by atoms with Crippen molar-refractivity contribution in [1.29, 1.82) is 0 Å². The van der Waals surface area contributed by atoms with Crippen LogP contribution in [0.5, 0.6) is 0 Å². The van der Waals surface area contributed by atoms with Crippen molar-refractivity contribution in [3.63, 3.8) is 0 Å². The summed E-state index contributed by atoms with van der Waals surface area (Å²) in [7, 11) is 2.18. The summed E-state index contributed by atoms with van der Waals surface area (Å²) in [4.78, 5) is 2.36. The minimum absolute atomic E-state index is 0.782. The van der Waals surface area contributed by atoms with Crippen molar-refractivity contribution in [2.24, 2.45) is 0 Å². The molecule has 0 atom stereocenters. The van der Waals surface area contributed by atoms with Crippen LogP contribution in [-0.4, -0.2) is 29.6 Å². The summed E-state index contributed by atoms with van der Waals surface area (Å²) in [5.74, 6) is 0. The summed E-state index contributed by atoms with van der Waals surface area (Å²) in [6.07, 6.45) is 10.9. The van der Waals surface area contributed by atoms with Crippen LogP contribution in [-0.2, 0) is 0 Å². The van der Waals surface area contributed by atoms with E-state index in [4.69, 9.17) is 0 Å². The lowest BCUT2D eigenvalue weighted by atomic mass is 10.1. The molecule has 1 aliphatic heterocycles. The highest BCUT2D eigenvalue weighted by atomic mass is 15.1. The Bertz CT molecular complexity index is 530. The molecule has 0 amide bonds. The van der Waals surface area contributed by atoms with Crippen LogP contribution in [0.15, 0.2) is 23.8 Å². The van der Waals surface area contributed by atoms with Crippen molar-refractivity contribution in [1.82, 2.24) is 9.47 Å². The molecule has 3 rings (SSSR count). The Balaban J connectivity index is 1.78. The van der Waals surface area contributed by atoms with Crippen molar-refractivity contribution in [3.8, 4) is 0 Å². The smallest absolute Gasteiger partial charge is 0.0337 e. The fraction of sp³-hybridized carbons (Fsp3) is 0.529. The standard InChI is InChI=1S/C17H24N2/c1-13-12-16(14(2)19(13)17-6-7-17)5-4-15-8-10-18(3)11-9-15/h4-5,8,12,17H,6-7,9-11H2,1-3H3/b5-4+. The normalized spacial score (nSPS) is 21.1. The minimum atomic E-state index is 0.782. The van der Waals surface area contributed by atoms with Crippen LogP contribution in [0.2, 0.25) is 0 Å². The van der Waals surface area contributed by atoms with Gasteiger partial charge in [-0.3, -0.25) is 0 Å². The van der Waals surface area contributed by atoms with Gasteiger partial charge in [-0.05, 0) is 57.4 Å². The number of aromatic nitrogens is 1. The first-order valence-electron chi connectivity index (χ1n) is 7.39. The van der Waals surface area contributed by atoms with Gasteiger partial charge in [-0.25, -0.2) is 0 Å². The summed E-state index contributed by atoms with van der Waals surface area (Å²) in [5, 5.41) is 0. The molecule has 2 heterocycles. The first-order valence-corrected chi connectivity index (χ1v) is 7.39. The van der Waals surface area contributed by atoms with Crippen molar-refractivity contribution >= 4 is 6.08 Å². The average Bonchev–Trinajstić information content (AvgIpc) is 3.17. The zero-order valence-corrected chi connectivity index (χ0v) is 12.3. The van der Waals surface area contributed by atoms with Crippen molar-refractivity contribution in [3.05, 3.63) is 40.7 Å². The zero-order valence-electron chi connectivity index (χ0n) is 12.3. The van der Waals surface area contributed by atoms with Crippen LogP contribution in [0.3, 0.4) is 0 Å². The Morgan fingerprint density at radius 3 is 2.63 bits per heavy atom. The predicted molar refractivity (Wildman–Crippen MR) is 81.4 cm³/mol. The molecule has 2 heteroatoms. The van der Waals surface area contributed by atoms with E-state index < -0.39 is 0 Å². The lowest BCUT2D eigenvalue weighted by Gasteiger charge is -2.20. The molecule has 1 saturated carbocycles. The van der Waals surface area contributed by atoms with Gasteiger partial charge in [0, 0.05) is 30.5 Å². The Hall–Kier alpha value is -1.28. The van der Waals surface area contributed by atoms with Crippen LogP contribution in [0.25, 0.3) is 6.08 Å². The van der Waals surface area contributed by atoms with Crippen molar-refractivity contribution in [2.45, 2.75) is 39.2 Å². The zero-order chi connectivity index (χ0) is 13.4. The highest BCUT2D eigenvalue weighted by Crippen LogP contribution is 2.38. The SMILES string of the molecule is Cc1cc(/C=C/C2=CCN(C)CC2)c(C)n1C1CC1. The Morgan fingerprint density at radius 2 is 2.00 bits per heavy atom. The van der Waals surface area contributed by atoms with Gasteiger partial charge < -0.3 is 9.47 Å². The number of hydrogen-bond donors (Lipinski definition) is 0. The third-order valence-electron chi connectivity index (χ3n) is 4.36. The summed E-state index contributed by atoms with van der Waals surface area (Å²) >= 11 is 0. The van der Waals surface area contributed by atoms with E-state index in [2.05, 4.69) is 54.7 Å². The molecular weight excluding hydrogens is 232 g/mol. The molecular formula is C17H24N2. The van der Waals surface area contributed by atoms with Gasteiger partial charge in [-0.2, -0.15) is 0 Å². The van der Waals surface area contributed by atoms with Crippen LogP contribution in [0.1, 0.15) is 42.3 Å². The number of allylic oxidation sites excluding steroid dienone is 1. The second-order valence-electron chi connectivity index (χ2n) is 6.05. The quantitative estimate of drug-likeness (QED) is 0.800. The van der Waals surface area contributed by atoms with Gasteiger partial charge >= 0.3 is 0 Å². The van der Waals surface area contributed by atoms with Gasteiger partial charge in [0.1, 0.15) is 0 Å². The topological polar surface area (TPSA) is 8.17 Å².